The Morgan fingerprint density at radius 3 is 2.94 bits per heavy atom. The summed E-state index contributed by atoms with van der Waals surface area (Å²) in [5.41, 5.74) is 0. The second-order valence-electron chi connectivity index (χ2n) is 3.81. The highest BCUT2D eigenvalue weighted by atomic mass is 32.2. The topological polar surface area (TPSA) is 75.3 Å². The number of sulfone groups is 1. The van der Waals surface area contributed by atoms with Crippen molar-refractivity contribution in [1.29, 1.82) is 0 Å². The quantitative estimate of drug-likeness (QED) is 0.640. The summed E-state index contributed by atoms with van der Waals surface area (Å²) in [5.74, 6) is 1.05. The summed E-state index contributed by atoms with van der Waals surface area (Å²) in [6.45, 7) is 1.09. The molecule has 1 heterocycles. The van der Waals surface area contributed by atoms with Crippen molar-refractivity contribution in [2.24, 2.45) is 0 Å². The van der Waals surface area contributed by atoms with Gasteiger partial charge in [0.25, 0.3) is 0 Å². The van der Waals surface area contributed by atoms with Crippen molar-refractivity contribution in [3.8, 4) is 0 Å². The molecule has 1 aliphatic rings. The predicted octanol–water partition coefficient (Wildman–Crippen LogP) is -0.758. The first-order valence-electron chi connectivity index (χ1n) is 5.23. The summed E-state index contributed by atoms with van der Waals surface area (Å²) in [6, 6.07) is -0.229. The van der Waals surface area contributed by atoms with Gasteiger partial charge in [-0.1, -0.05) is 0 Å². The zero-order valence-electron chi connectivity index (χ0n) is 9.36. The second-order valence-corrected chi connectivity index (χ2v) is 7.03. The van der Waals surface area contributed by atoms with Gasteiger partial charge in [0.1, 0.15) is 0 Å². The molecule has 1 atom stereocenters. The number of nitrogens with one attached hydrogen (secondary N) is 2. The second kappa shape index (κ2) is 6.46. The van der Waals surface area contributed by atoms with Gasteiger partial charge < -0.3 is 10.6 Å². The molecule has 1 saturated heterocycles. The number of carbonyl (C=O) groups excluding carboxylic acids is 1. The number of amides is 1. The lowest BCUT2D eigenvalue weighted by molar-refractivity contribution is -0.121. The Morgan fingerprint density at radius 2 is 2.31 bits per heavy atom. The van der Waals surface area contributed by atoms with Crippen molar-refractivity contribution in [3.05, 3.63) is 0 Å². The van der Waals surface area contributed by atoms with Crippen molar-refractivity contribution >= 4 is 27.5 Å². The monoisotopic (exact) mass is 266 g/mol. The van der Waals surface area contributed by atoms with E-state index >= 15 is 0 Å². The maximum Gasteiger partial charge on any atom is 0.221 e. The fourth-order valence-electron chi connectivity index (χ4n) is 1.59. The molecule has 7 heteroatoms. The highest BCUT2D eigenvalue weighted by Crippen LogP contribution is 2.04. The van der Waals surface area contributed by atoms with Crippen molar-refractivity contribution in [1.82, 2.24) is 10.6 Å². The summed E-state index contributed by atoms with van der Waals surface area (Å²) in [6.07, 6.45) is 2.22. The molecule has 2 N–H and O–H groups in total. The number of rotatable bonds is 5. The molecule has 1 unspecified atom stereocenters. The van der Waals surface area contributed by atoms with Crippen LogP contribution in [0.3, 0.4) is 0 Å². The van der Waals surface area contributed by atoms with Crippen LogP contribution < -0.4 is 10.6 Å². The first-order valence-corrected chi connectivity index (χ1v) is 8.44. The molecule has 0 radical (unpaired) electrons. The summed E-state index contributed by atoms with van der Waals surface area (Å²) >= 11 is 1.66. The molecular weight excluding hydrogens is 248 g/mol. The Balaban J connectivity index is 2.28. The Morgan fingerprint density at radius 1 is 1.56 bits per heavy atom. The van der Waals surface area contributed by atoms with E-state index < -0.39 is 9.84 Å². The van der Waals surface area contributed by atoms with Gasteiger partial charge in [0.2, 0.25) is 5.91 Å². The van der Waals surface area contributed by atoms with Crippen LogP contribution in [-0.4, -0.2) is 57.0 Å². The fourth-order valence-corrected chi connectivity index (χ4v) is 3.34. The lowest BCUT2D eigenvalue weighted by atomic mass is 10.2. The van der Waals surface area contributed by atoms with Gasteiger partial charge in [-0.15, -0.1) is 0 Å². The van der Waals surface area contributed by atoms with Gasteiger partial charge in [0.15, 0.2) is 9.84 Å². The standard InChI is InChI=1S/C9H18N2O3S2/c1-15-4-2-11-9(12)6-8-7-16(13,14)5-3-10-8/h8,10H,2-7H2,1H3,(H,11,12). The molecule has 0 spiro atoms. The van der Waals surface area contributed by atoms with E-state index in [1.54, 1.807) is 11.8 Å². The van der Waals surface area contributed by atoms with Crippen molar-refractivity contribution in [2.45, 2.75) is 12.5 Å². The highest BCUT2D eigenvalue weighted by molar-refractivity contribution is 7.98. The predicted molar refractivity (Wildman–Crippen MR) is 66.5 cm³/mol. The molecule has 16 heavy (non-hydrogen) atoms. The number of hydrogen-bond donors (Lipinski definition) is 2. The summed E-state index contributed by atoms with van der Waals surface area (Å²) in [7, 11) is -2.95. The van der Waals surface area contributed by atoms with Gasteiger partial charge in [0, 0.05) is 31.3 Å². The van der Waals surface area contributed by atoms with E-state index in [0.29, 0.717) is 13.1 Å². The molecule has 0 aliphatic carbocycles. The van der Waals surface area contributed by atoms with Crippen LogP contribution in [0.4, 0.5) is 0 Å². The average molecular weight is 266 g/mol. The molecule has 0 aromatic carbocycles. The summed E-state index contributed by atoms with van der Waals surface area (Å²) < 4.78 is 22.7. The maximum atomic E-state index is 11.4. The first kappa shape index (κ1) is 13.8. The minimum absolute atomic E-state index is 0.0724. The van der Waals surface area contributed by atoms with E-state index in [1.807, 2.05) is 6.26 Å². The lowest BCUT2D eigenvalue weighted by Crippen LogP contribution is -2.47. The zero-order chi connectivity index (χ0) is 12.0. The Kier molecular flexibility index (Phi) is 5.57. The van der Waals surface area contributed by atoms with Crippen LogP contribution in [0.2, 0.25) is 0 Å². The van der Waals surface area contributed by atoms with Crippen LogP contribution in [-0.2, 0) is 14.6 Å². The van der Waals surface area contributed by atoms with Crippen LogP contribution in [0.1, 0.15) is 6.42 Å². The molecule has 1 amide bonds. The molecule has 5 nitrogen and oxygen atoms in total. The molecule has 0 bridgehead atoms. The van der Waals surface area contributed by atoms with E-state index in [0.717, 1.165) is 5.75 Å². The third kappa shape index (κ3) is 5.18. The van der Waals surface area contributed by atoms with Crippen molar-refractivity contribution in [2.75, 3.05) is 36.6 Å². The molecule has 94 valence electrons. The largest absolute Gasteiger partial charge is 0.355 e. The highest BCUT2D eigenvalue weighted by Gasteiger charge is 2.25. The van der Waals surface area contributed by atoms with Gasteiger partial charge >= 0.3 is 0 Å². The molecule has 1 fully saturated rings. The Bertz CT molecular complexity index is 330. The van der Waals surface area contributed by atoms with Crippen molar-refractivity contribution in [3.63, 3.8) is 0 Å². The van der Waals surface area contributed by atoms with E-state index in [2.05, 4.69) is 10.6 Å². The van der Waals surface area contributed by atoms with E-state index in [4.69, 9.17) is 0 Å². The smallest absolute Gasteiger partial charge is 0.221 e. The summed E-state index contributed by atoms with van der Waals surface area (Å²) in [4.78, 5) is 11.4. The van der Waals surface area contributed by atoms with E-state index in [9.17, 15) is 13.2 Å². The van der Waals surface area contributed by atoms with Crippen LogP contribution >= 0.6 is 11.8 Å². The third-order valence-electron chi connectivity index (χ3n) is 2.36. The minimum atomic E-state index is -2.95. The number of carbonyl (C=O) groups is 1. The normalized spacial score (nSPS) is 23.9. The van der Waals surface area contributed by atoms with Gasteiger partial charge in [-0.3, -0.25) is 4.79 Å². The average Bonchev–Trinajstić information content (AvgIpc) is 2.16. The third-order valence-corrected chi connectivity index (χ3v) is 4.71. The number of hydrogen-bond acceptors (Lipinski definition) is 5. The van der Waals surface area contributed by atoms with E-state index in [-0.39, 0.29) is 29.9 Å². The Hall–Kier alpha value is -0.270. The molecular formula is C9H18N2O3S2. The first-order chi connectivity index (χ1) is 7.53. The molecule has 0 saturated carbocycles. The van der Waals surface area contributed by atoms with Crippen LogP contribution in [0.25, 0.3) is 0 Å². The van der Waals surface area contributed by atoms with Crippen LogP contribution in [0.5, 0.6) is 0 Å². The molecule has 1 rings (SSSR count). The van der Waals surface area contributed by atoms with Gasteiger partial charge in [-0.2, -0.15) is 11.8 Å². The van der Waals surface area contributed by atoms with E-state index in [1.165, 1.54) is 0 Å². The van der Waals surface area contributed by atoms with Gasteiger partial charge in [0.05, 0.1) is 11.5 Å². The lowest BCUT2D eigenvalue weighted by Gasteiger charge is -2.23. The summed E-state index contributed by atoms with van der Waals surface area (Å²) in [5, 5.41) is 5.81. The SMILES string of the molecule is CSCCNC(=O)CC1CS(=O)(=O)CCN1. The molecule has 0 aromatic heterocycles. The van der Waals surface area contributed by atoms with Gasteiger partial charge in [-0.05, 0) is 6.26 Å². The maximum absolute atomic E-state index is 11.4. The molecule has 1 aliphatic heterocycles. The number of thioether (sulfide) groups is 1. The van der Waals surface area contributed by atoms with Crippen LogP contribution in [0.15, 0.2) is 0 Å². The van der Waals surface area contributed by atoms with Crippen molar-refractivity contribution < 1.29 is 13.2 Å². The Labute approximate surface area is 101 Å². The molecule has 0 aromatic rings. The minimum Gasteiger partial charge on any atom is -0.355 e. The van der Waals surface area contributed by atoms with Gasteiger partial charge in [-0.25, -0.2) is 8.42 Å². The fraction of sp³-hybridized carbons (Fsp3) is 0.889. The zero-order valence-corrected chi connectivity index (χ0v) is 11.0. The van der Waals surface area contributed by atoms with Crippen LogP contribution in [0, 0.1) is 0 Å².